The summed E-state index contributed by atoms with van der Waals surface area (Å²) < 4.78 is 0. The minimum atomic E-state index is -0.479. The van der Waals surface area contributed by atoms with E-state index in [1.165, 1.54) is 0 Å². The highest BCUT2D eigenvalue weighted by molar-refractivity contribution is 6.01. The predicted molar refractivity (Wildman–Crippen MR) is 71.8 cm³/mol. The minimum Gasteiger partial charge on any atom is -0.395 e. The Kier molecular flexibility index (Phi) is 3.90. The highest BCUT2D eigenvalue weighted by Crippen LogP contribution is 2.21. The molecular formula is C16H16O2. The highest BCUT2D eigenvalue weighted by Gasteiger charge is 2.20. The highest BCUT2D eigenvalue weighted by atomic mass is 16.3. The van der Waals surface area contributed by atoms with Crippen molar-refractivity contribution >= 4 is 5.78 Å². The van der Waals surface area contributed by atoms with Gasteiger partial charge in [-0.15, -0.1) is 0 Å². The van der Waals surface area contributed by atoms with E-state index < -0.39 is 5.92 Å². The molecule has 0 fully saturated rings. The number of benzene rings is 2. The van der Waals surface area contributed by atoms with Crippen molar-refractivity contribution in [3.63, 3.8) is 0 Å². The van der Waals surface area contributed by atoms with Crippen LogP contribution in [0.1, 0.15) is 27.4 Å². The van der Waals surface area contributed by atoms with Crippen molar-refractivity contribution in [2.75, 3.05) is 6.61 Å². The van der Waals surface area contributed by atoms with Crippen LogP contribution in [-0.2, 0) is 0 Å². The molecule has 0 heterocycles. The van der Waals surface area contributed by atoms with E-state index in [-0.39, 0.29) is 12.4 Å². The summed E-state index contributed by atoms with van der Waals surface area (Å²) in [6.45, 7) is 1.81. The number of ketones is 1. The van der Waals surface area contributed by atoms with Crippen LogP contribution >= 0.6 is 0 Å². The van der Waals surface area contributed by atoms with E-state index in [9.17, 15) is 9.90 Å². The summed E-state index contributed by atoms with van der Waals surface area (Å²) in [5.41, 5.74) is 2.59. The van der Waals surface area contributed by atoms with Gasteiger partial charge in [-0.3, -0.25) is 4.79 Å². The van der Waals surface area contributed by atoms with Gasteiger partial charge < -0.3 is 5.11 Å². The molecule has 0 bridgehead atoms. The van der Waals surface area contributed by atoms with Gasteiger partial charge in [-0.05, 0) is 12.5 Å². The Balaban J connectivity index is 2.32. The van der Waals surface area contributed by atoms with Crippen molar-refractivity contribution in [3.8, 4) is 0 Å². The number of aliphatic hydroxyl groups is 1. The summed E-state index contributed by atoms with van der Waals surface area (Å²) >= 11 is 0. The molecule has 0 aliphatic heterocycles. The zero-order valence-corrected chi connectivity index (χ0v) is 10.3. The fraction of sp³-hybridized carbons (Fsp3) is 0.188. The monoisotopic (exact) mass is 240 g/mol. The van der Waals surface area contributed by atoms with Crippen molar-refractivity contribution in [2.45, 2.75) is 12.8 Å². The molecule has 0 saturated carbocycles. The fourth-order valence-electron chi connectivity index (χ4n) is 2.03. The molecule has 2 heteroatoms. The van der Waals surface area contributed by atoms with Crippen molar-refractivity contribution in [1.29, 1.82) is 0 Å². The van der Waals surface area contributed by atoms with Gasteiger partial charge in [0.25, 0.3) is 0 Å². The number of carbonyl (C=O) groups is 1. The molecule has 2 rings (SSSR count). The lowest BCUT2D eigenvalue weighted by molar-refractivity contribution is 0.0922. The molecule has 2 aromatic carbocycles. The molecule has 2 aromatic rings. The molecule has 2 nitrogen and oxygen atoms in total. The zero-order valence-electron chi connectivity index (χ0n) is 10.3. The van der Waals surface area contributed by atoms with Crippen LogP contribution in [0.3, 0.4) is 0 Å². The Morgan fingerprint density at radius 3 is 2.44 bits per heavy atom. The normalized spacial score (nSPS) is 12.1. The van der Waals surface area contributed by atoms with Crippen molar-refractivity contribution in [2.24, 2.45) is 0 Å². The number of Topliss-reactive ketones (excluding diaryl/α,β-unsaturated/α-hetero) is 1. The van der Waals surface area contributed by atoms with Crippen LogP contribution < -0.4 is 0 Å². The topological polar surface area (TPSA) is 37.3 Å². The molecule has 0 aliphatic carbocycles. The van der Waals surface area contributed by atoms with E-state index in [0.29, 0.717) is 5.56 Å². The van der Waals surface area contributed by atoms with Gasteiger partial charge in [-0.2, -0.15) is 0 Å². The molecule has 1 atom stereocenters. The van der Waals surface area contributed by atoms with Crippen LogP contribution in [-0.4, -0.2) is 17.5 Å². The largest absolute Gasteiger partial charge is 0.395 e. The molecule has 0 amide bonds. The molecule has 92 valence electrons. The lowest BCUT2D eigenvalue weighted by Gasteiger charge is -2.14. The first-order valence-corrected chi connectivity index (χ1v) is 5.99. The van der Waals surface area contributed by atoms with E-state index in [1.807, 2.05) is 49.4 Å². The van der Waals surface area contributed by atoms with Gasteiger partial charge in [0.05, 0.1) is 12.5 Å². The van der Waals surface area contributed by atoms with Gasteiger partial charge in [0.15, 0.2) is 5.78 Å². The number of hydrogen-bond acceptors (Lipinski definition) is 2. The standard InChI is InChI=1S/C16H16O2/c1-12-6-5-9-14(10-12)15(11-17)16(18)13-7-3-2-4-8-13/h2-10,15,17H,11H2,1H3. The fourth-order valence-corrected chi connectivity index (χ4v) is 2.03. The summed E-state index contributed by atoms with van der Waals surface area (Å²) in [6.07, 6.45) is 0. The third-order valence-electron chi connectivity index (χ3n) is 3.00. The average molecular weight is 240 g/mol. The van der Waals surface area contributed by atoms with Gasteiger partial charge in [0, 0.05) is 5.56 Å². The maximum Gasteiger partial charge on any atom is 0.172 e. The first-order chi connectivity index (χ1) is 8.72. The van der Waals surface area contributed by atoms with Crippen LogP contribution in [0.4, 0.5) is 0 Å². The van der Waals surface area contributed by atoms with Crippen LogP contribution in [0.5, 0.6) is 0 Å². The smallest absolute Gasteiger partial charge is 0.172 e. The molecule has 0 saturated heterocycles. The van der Waals surface area contributed by atoms with Crippen molar-refractivity contribution in [3.05, 3.63) is 71.3 Å². The number of aliphatic hydroxyl groups excluding tert-OH is 1. The second-order valence-electron chi connectivity index (χ2n) is 4.38. The third kappa shape index (κ3) is 2.66. The number of carbonyl (C=O) groups excluding carboxylic acids is 1. The van der Waals surface area contributed by atoms with Crippen LogP contribution in [0.25, 0.3) is 0 Å². The summed E-state index contributed by atoms with van der Waals surface area (Å²) in [4.78, 5) is 12.3. The van der Waals surface area contributed by atoms with Gasteiger partial charge in [0.1, 0.15) is 0 Å². The van der Waals surface area contributed by atoms with Gasteiger partial charge in [-0.25, -0.2) is 0 Å². The molecule has 0 aromatic heterocycles. The Hall–Kier alpha value is -1.93. The lowest BCUT2D eigenvalue weighted by atomic mass is 9.90. The molecule has 0 spiro atoms. The van der Waals surface area contributed by atoms with E-state index in [2.05, 4.69) is 0 Å². The first-order valence-electron chi connectivity index (χ1n) is 5.99. The Morgan fingerprint density at radius 2 is 1.83 bits per heavy atom. The quantitative estimate of drug-likeness (QED) is 0.834. The summed E-state index contributed by atoms with van der Waals surface area (Å²) in [5, 5.41) is 9.48. The molecule has 0 radical (unpaired) electrons. The Morgan fingerprint density at radius 1 is 1.11 bits per heavy atom. The molecule has 0 aliphatic rings. The van der Waals surface area contributed by atoms with Gasteiger partial charge >= 0.3 is 0 Å². The molecular weight excluding hydrogens is 224 g/mol. The molecule has 18 heavy (non-hydrogen) atoms. The van der Waals surface area contributed by atoms with Crippen molar-refractivity contribution < 1.29 is 9.90 Å². The van der Waals surface area contributed by atoms with Crippen LogP contribution in [0, 0.1) is 6.92 Å². The number of hydrogen-bond donors (Lipinski definition) is 1. The number of aryl methyl sites for hydroxylation is 1. The minimum absolute atomic E-state index is 0.0382. The molecule has 1 unspecified atom stereocenters. The van der Waals surface area contributed by atoms with E-state index in [1.54, 1.807) is 12.1 Å². The Bertz CT molecular complexity index is 532. The summed E-state index contributed by atoms with van der Waals surface area (Å²) in [7, 11) is 0. The van der Waals surface area contributed by atoms with Crippen LogP contribution in [0.15, 0.2) is 54.6 Å². The van der Waals surface area contributed by atoms with Crippen LogP contribution in [0.2, 0.25) is 0 Å². The molecule has 1 N–H and O–H groups in total. The zero-order chi connectivity index (χ0) is 13.0. The first kappa shape index (κ1) is 12.5. The van der Waals surface area contributed by atoms with E-state index in [4.69, 9.17) is 0 Å². The van der Waals surface area contributed by atoms with Gasteiger partial charge in [-0.1, -0.05) is 60.2 Å². The number of rotatable bonds is 4. The lowest BCUT2D eigenvalue weighted by Crippen LogP contribution is -2.16. The van der Waals surface area contributed by atoms with Crippen molar-refractivity contribution in [1.82, 2.24) is 0 Å². The summed E-state index contributed by atoms with van der Waals surface area (Å²) in [5.74, 6) is -0.518. The second kappa shape index (κ2) is 5.61. The maximum absolute atomic E-state index is 12.3. The average Bonchev–Trinajstić information content (AvgIpc) is 2.40. The maximum atomic E-state index is 12.3. The van der Waals surface area contributed by atoms with E-state index in [0.717, 1.165) is 11.1 Å². The summed E-state index contributed by atoms with van der Waals surface area (Å²) in [6, 6.07) is 16.8. The SMILES string of the molecule is Cc1cccc(C(CO)C(=O)c2ccccc2)c1. The van der Waals surface area contributed by atoms with E-state index >= 15 is 0 Å². The Labute approximate surface area is 107 Å². The predicted octanol–water partition coefficient (Wildman–Crippen LogP) is 2.95. The second-order valence-corrected chi connectivity index (χ2v) is 4.38. The third-order valence-corrected chi connectivity index (χ3v) is 3.00. The van der Waals surface area contributed by atoms with Gasteiger partial charge in [0.2, 0.25) is 0 Å².